The van der Waals surface area contributed by atoms with Crippen molar-refractivity contribution < 1.29 is 4.79 Å². The van der Waals surface area contributed by atoms with E-state index in [1.54, 1.807) is 0 Å². The Morgan fingerprint density at radius 3 is 2.46 bits per heavy atom. The second kappa shape index (κ2) is 10.5. The summed E-state index contributed by atoms with van der Waals surface area (Å²) in [5, 5.41) is 3.39. The number of nitrogens with one attached hydrogen (secondary N) is 1. The number of carbonyl (C=O) groups is 1. The molecule has 0 bridgehead atoms. The average molecular weight is 402 g/mol. The van der Waals surface area contributed by atoms with Crippen molar-refractivity contribution in [1.29, 1.82) is 0 Å². The topological polar surface area (TPSA) is 35.6 Å². The summed E-state index contributed by atoms with van der Waals surface area (Å²) in [5.74, 6) is 0.330. The number of amides is 1. The maximum Gasteiger partial charge on any atom is 0.229 e. The molecule has 1 amide bonds. The number of piperidine rings is 2. The van der Waals surface area contributed by atoms with E-state index in [9.17, 15) is 4.79 Å². The maximum atomic E-state index is 13.0. The summed E-state index contributed by atoms with van der Waals surface area (Å²) in [6.45, 7) is 7.17. The first-order valence-electron chi connectivity index (χ1n) is 9.33. The Kier molecular flexibility index (Phi) is 9.39. The molecule has 0 aromatic heterocycles. The predicted molar refractivity (Wildman–Crippen MR) is 112 cm³/mol. The number of likely N-dealkylation sites (tertiary alicyclic amines) is 1. The lowest BCUT2D eigenvalue weighted by atomic mass is 9.81. The van der Waals surface area contributed by atoms with Crippen molar-refractivity contribution in [3.8, 4) is 0 Å². The van der Waals surface area contributed by atoms with Gasteiger partial charge in [0.25, 0.3) is 0 Å². The molecule has 2 fully saturated rings. The van der Waals surface area contributed by atoms with Crippen LogP contribution in [0.3, 0.4) is 0 Å². The van der Waals surface area contributed by atoms with Gasteiger partial charge in [-0.15, -0.1) is 24.8 Å². The molecule has 2 heterocycles. The minimum atomic E-state index is -0.214. The van der Waals surface area contributed by atoms with E-state index in [4.69, 9.17) is 0 Å². The van der Waals surface area contributed by atoms with E-state index in [0.717, 1.165) is 58.4 Å². The fraction of sp³-hybridized carbons (Fsp3) is 0.650. The van der Waals surface area contributed by atoms with Gasteiger partial charge in [-0.05, 0) is 44.7 Å². The molecule has 2 saturated heterocycles. The fourth-order valence-electron chi connectivity index (χ4n) is 4.14. The van der Waals surface area contributed by atoms with Crippen LogP contribution in [-0.2, 0) is 11.3 Å². The van der Waals surface area contributed by atoms with Gasteiger partial charge in [0, 0.05) is 39.3 Å². The molecule has 148 valence electrons. The van der Waals surface area contributed by atoms with Crippen LogP contribution in [0.5, 0.6) is 0 Å². The monoisotopic (exact) mass is 401 g/mol. The number of hydrogen-bond donors (Lipinski definition) is 1. The van der Waals surface area contributed by atoms with E-state index in [-0.39, 0.29) is 30.2 Å². The number of carbonyl (C=O) groups excluding carboxylic acids is 1. The molecule has 1 aromatic carbocycles. The quantitative estimate of drug-likeness (QED) is 0.839. The molecule has 1 aromatic rings. The van der Waals surface area contributed by atoms with Crippen LogP contribution in [0, 0.1) is 5.41 Å². The highest BCUT2D eigenvalue weighted by molar-refractivity contribution is 5.85. The molecule has 4 nitrogen and oxygen atoms in total. The van der Waals surface area contributed by atoms with Gasteiger partial charge in [0.1, 0.15) is 0 Å². The van der Waals surface area contributed by atoms with Crippen molar-refractivity contribution >= 4 is 30.7 Å². The van der Waals surface area contributed by atoms with Crippen LogP contribution in [0.15, 0.2) is 30.3 Å². The number of halogens is 2. The number of rotatable bonds is 4. The SMILES string of the molecule is CN(C(=O)C1(C)CCCNC1)C1CCN(Cc2ccccc2)CC1.Cl.Cl. The van der Waals surface area contributed by atoms with E-state index in [1.807, 2.05) is 11.9 Å². The number of hydrogen-bond acceptors (Lipinski definition) is 3. The van der Waals surface area contributed by atoms with E-state index < -0.39 is 0 Å². The van der Waals surface area contributed by atoms with Crippen LogP contribution in [0.1, 0.15) is 38.2 Å². The van der Waals surface area contributed by atoms with Gasteiger partial charge in [0.15, 0.2) is 0 Å². The van der Waals surface area contributed by atoms with Crippen LogP contribution >= 0.6 is 24.8 Å². The Balaban J connectivity index is 0.00000169. The van der Waals surface area contributed by atoms with Gasteiger partial charge in [-0.25, -0.2) is 0 Å². The van der Waals surface area contributed by atoms with Crippen LogP contribution in [0.25, 0.3) is 0 Å². The summed E-state index contributed by atoms with van der Waals surface area (Å²) >= 11 is 0. The van der Waals surface area contributed by atoms with Crippen LogP contribution in [0.4, 0.5) is 0 Å². The zero-order chi connectivity index (χ0) is 17.0. The van der Waals surface area contributed by atoms with Gasteiger partial charge in [-0.2, -0.15) is 0 Å². The first-order valence-corrected chi connectivity index (χ1v) is 9.33. The zero-order valence-electron chi connectivity index (χ0n) is 15.9. The lowest BCUT2D eigenvalue weighted by molar-refractivity contribution is -0.144. The summed E-state index contributed by atoms with van der Waals surface area (Å²) in [5.41, 5.74) is 1.16. The highest BCUT2D eigenvalue weighted by atomic mass is 35.5. The molecule has 1 atom stereocenters. The second-order valence-corrected chi connectivity index (χ2v) is 7.75. The van der Waals surface area contributed by atoms with Crippen molar-refractivity contribution in [3.05, 3.63) is 35.9 Å². The van der Waals surface area contributed by atoms with Gasteiger partial charge < -0.3 is 10.2 Å². The second-order valence-electron chi connectivity index (χ2n) is 7.75. The van der Waals surface area contributed by atoms with Crippen molar-refractivity contribution in [3.63, 3.8) is 0 Å². The first kappa shape index (κ1) is 23.2. The number of benzene rings is 1. The van der Waals surface area contributed by atoms with Crippen molar-refractivity contribution in [2.75, 3.05) is 33.2 Å². The molecule has 0 radical (unpaired) electrons. The van der Waals surface area contributed by atoms with Gasteiger partial charge in [-0.1, -0.05) is 30.3 Å². The normalized spacial score (nSPS) is 24.2. The third-order valence-electron chi connectivity index (χ3n) is 5.79. The number of nitrogens with zero attached hydrogens (tertiary/aromatic N) is 2. The summed E-state index contributed by atoms with van der Waals surface area (Å²) in [4.78, 5) is 17.5. The Morgan fingerprint density at radius 1 is 1.23 bits per heavy atom. The molecule has 2 aliphatic rings. The summed E-state index contributed by atoms with van der Waals surface area (Å²) in [7, 11) is 2.01. The summed E-state index contributed by atoms with van der Waals surface area (Å²) in [6, 6.07) is 11.1. The molecule has 2 aliphatic heterocycles. The molecule has 1 N–H and O–H groups in total. The van der Waals surface area contributed by atoms with Gasteiger partial charge in [-0.3, -0.25) is 9.69 Å². The van der Waals surface area contributed by atoms with Crippen molar-refractivity contribution in [2.24, 2.45) is 5.41 Å². The molecular weight excluding hydrogens is 369 g/mol. The molecule has 26 heavy (non-hydrogen) atoms. The third kappa shape index (κ3) is 5.59. The summed E-state index contributed by atoms with van der Waals surface area (Å²) < 4.78 is 0. The highest BCUT2D eigenvalue weighted by Crippen LogP contribution is 2.30. The van der Waals surface area contributed by atoms with Crippen LogP contribution in [-0.4, -0.2) is 55.0 Å². The summed E-state index contributed by atoms with van der Waals surface area (Å²) in [6.07, 6.45) is 4.28. The highest BCUT2D eigenvalue weighted by Gasteiger charge is 2.39. The largest absolute Gasteiger partial charge is 0.342 e. The molecular formula is C20H33Cl2N3O. The smallest absolute Gasteiger partial charge is 0.229 e. The Labute approximate surface area is 170 Å². The third-order valence-corrected chi connectivity index (χ3v) is 5.79. The van der Waals surface area contributed by atoms with Crippen molar-refractivity contribution in [1.82, 2.24) is 15.1 Å². The van der Waals surface area contributed by atoms with Gasteiger partial charge in [0.05, 0.1) is 5.41 Å². The van der Waals surface area contributed by atoms with E-state index in [0.29, 0.717) is 11.9 Å². The maximum absolute atomic E-state index is 13.0. The zero-order valence-corrected chi connectivity index (χ0v) is 17.6. The van der Waals surface area contributed by atoms with Crippen LogP contribution < -0.4 is 5.32 Å². The molecule has 0 aliphatic carbocycles. The lowest BCUT2D eigenvalue weighted by Crippen LogP contribution is -2.53. The predicted octanol–water partition coefficient (Wildman–Crippen LogP) is 3.34. The molecule has 0 spiro atoms. The molecule has 3 rings (SSSR count). The standard InChI is InChI=1S/C20H31N3O.2ClH/c1-20(11-6-12-21-16-20)19(24)22(2)18-9-13-23(14-10-18)15-17-7-4-3-5-8-17;;/h3-5,7-8,18,21H,6,9-16H2,1-2H3;2*1H. The molecule has 6 heteroatoms. The Hall–Kier alpha value is -0.810. The van der Waals surface area contributed by atoms with E-state index >= 15 is 0 Å². The molecule has 0 saturated carbocycles. The average Bonchev–Trinajstić information content (AvgIpc) is 2.63. The molecule has 1 unspecified atom stereocenters. The minimum absolute atomic E-state index is 0. The first-order chi connectivity index (χ1) is 11.6. The van der Waals surface area contributed by atoms with Gasteiger partial charge in [0.2, 0.25) is 5.91 Å². The van der Waals surface area contributed by atoms with E-state index in [1.165, 1.54) is 5.56 Å². The fourth-order valence-corrected chi connectivity index (χ4v) is 4.14. The lowest BCUT2D eigenvalue weighted by Gasteiger charge is -2.42. The Bertz CT molecular complexity index is 541. The van der Waals surface area contributed by atoms with E-state index in [2.05, 4.69) is 47.5 Å². The Morgan fingerprint density at radius 2 is 1.88 bits per heavy atom. The van der Waals surface area contributed by atoms with Crippen LogP contribution in [0.2, 0.25) is 0 Å². The van der Waals surface area contributed by atoms with Gasteiger partial charge >= 0.3 is 0 Å². The van der Waals surface area contributed by atoms with Crippen molar-refractivity contribution in [2.45, 2.75) is 45.2 Å². The minimum Gasteiger partial charge on any atom is -0.342 e.